The molecule has 12 heteroatoms. The van der Waals surface area contributed by atoms with Crippen molar-refractivity contribution in [2.75, 3.05) is 13.1 Å². The molecule has 12 nitrogen and oxygen atoms in total. The fourth-order valence-electron chi connectivity index (χ4n) is 18.9. The second kappa shape index (κ2) is 37.8. The Kier molecular flexibility index (Phi) is 26.7. The first-order valence-corrected chi connectivity index (χ1v) is 44.0. The van der Waals surface area contributed by atoms with Gasteiger partial charge in [0.25, 0.3) is 16.8 Å². The molecule has 4 aromatic heterocycles. The summed E-state index contributed by atoms with van der Waals surface area (Å²) in [6.07, 6.45) is 53.3. The molecular weight excluding hydrogens is 1370 g/mol. The second-order valence-corrected chi connectivity index (χ2v) is 33.0. The zero-order valence-corrected chi connectivity index (χ0v) is 67.2. The number of pyridine rings is 2. The van der Waals surface area contributed by atoms with E-state index in [1.54, 1.807) is 14.9 Å². The number of nitro groups is 1. The van der Waals surface area contributed by atoms with Crippen molar-refractivity contribution in [2.45, 2.75) is 297 Å². The number of imidazole rings is 2. The van der Waals surface area contributed by atoms with Crippen LogP contribution in [0.1, 0.15) is 308 Å². The molecule has 578 valence electrons. The normalized spacial score (nSPS) is 12.2. The summed E-state index contributed by atoms with van der Waals surface area (Å²) in [7, 11) is 0. The number of benzene rings is 10. The van der Waals surface area contributed by atoms with Crippen LogP contribution in [-0.4, -0.2) is 41.7 Å². The van der Waals surface area contributed by atoms with Gasteiger partial charge in [-0.25, -0.2) is 9.97 Å². The number of aromatic nitrogens is 4. The maximum absolute atomic E-state index is 15.3. The zero-order chi connectivity index (χ0) is 76.6. The summed E-state index contributed by atoms with van der Waals surface area (Å²) >= 11 is 0. The quantitative estimate of drug-likeness (QED) is 0.00583. The van der Waals surface area contributed by atoms with Crippen LogP contribution in [0.4, 0.5) is 11.4 Å². The zero-order valence-electron chi connectivity index (χ0n) is 67.2. The molecule has 14 aromatic rings. The number of nitrogens with zero attached hydrogens (tertiary/aromatic N) is 7. The SMILES string of the molecule is CCCCCCCCCCCCC(C#Cc1cc2nc3c4ccc5c6ccc7c8ccc9c(=O)n%10c%11cc([N+](=O)[O-])c(C#CN(CCCCCCCCCCCC)CCCCCCCCCCCC)cc%11nc%10c%10ccc(c%11ccc(c%12ccc(c(=O)n3c2cc1[NH+]=[N-])c4c5%12)c6c7%11)c8c9%10)CCCCCCCCCCCC. The number of unbranched alkanes of at least 4 members (excludes halogenated alkanes) is 36. The van der Waals surface area contributed by atoms with E-state index < -0.39 is 0 Å². The van der Waals surface area contributed by atoms with E-state index in [0.717, 1.165) is 138 Å². The molecule has 0 aliphatic rings. The number of hydrogen-bond acceptors (Lipinski definition) is 7. The lowest BCUT2D eigenvalue weighted by Gasteiger charge is -2.21. The monoisotopic (exact) mass is 1480 g/mol. The van der Waals surface area contributed by atoms with Crippen molar-refractivity contribution < 1.29 is 10.0 Å². The van der Waals surface area contributed by atoms with E-state index in [1.807, 2.05) is 24.3 Å². The highest BCUT2D eigenvalue weighted by molar-refractivity contribution is 6.45. The standard InChI is InChI=1S/C99H118N8O4/c1-5-9-13-17-21-25-29-33-37-41-45-69(46-42-38-34-30-26-22-18-14-10-6-2)47-48-70-65-85-88(67-84(70)103-100)105-96(101-85)80-57-53-76-72-49-52-75-79-56-60-83-95-81(58-54-77(93(79)95)73-50-51-74(90(72)91(73)75)78-55-59-82(98(105)108)94(80)92(76)78)97-102-86-66-71(87(107(110)111)68-89(86)106(97)99(83)109)61-64-104(62-43-39-35-31-27-23-19-15-11-7-3)63-44-40-36-32-28-24-20-16-12-8-4/h49-60,65-69,103H,5-46,62-63H2,1-4H3. The van der Waals surface area contributed by atoms with E-state index >= 15 is 9.59 Å². The molecule has 0 saturated heterocycles. The molecule has 111 heavy (non-hydrogen) atoms. The van der Waals surface area contributed by atoms with Gasteiger partial charge in [0.1, 0.15) is 16.9 Å². The maximum Gasteiger partial charge on any atom is 0.287 e. The average molecular weight is 1480 g/mol. The molecule has 0 radical (unpaired) electrons. The maximum atomic E-state index is 15.3. The van der Waals surface area contributed by atoms with Gasteiger partial charge in [0.05, 0.1) is 32.6 Å². The highest BCUT2D eigenvalue weighted by Crippen LogP contribution is 2.50. The average Bonchev–Trinajstić information content (AvgIpc) is 1.32. The Morgan fingerprint density at radius 2 is 0.685 bits per heavy atom. The highest BCUT2D eigenvalue weighted by Gasteiger charge is 2.28. The molecule has 1 N–H and O–H groups in total. The van der Waals surface area contributed by atoms with Gasteiger partial charge in [-0.1, -0.05) is 332 Å². The Bertz CT molecular complexity index is 5690. The molecule has 4 heterocycles. The van der Waals surface area contributed by atoms with Crippen molar-refractivity contribution in [3.05, 3.63) is 145 Å². The summed E-state index contributed by atoms with van der Waals surface area (Å²) in [5.74, 6) is 10.8. The van der Waals surface area contributed by atoms with Gasteiger partial charge in [-0.15, -0.1) is 0 Å². The van der Waals surface area contributed by atoms with Crippen LogP contribution in [0, 0.1) is 39.8 Å². The largest absolute Gasteiger partial charge is 0.502 e. The van der Waals surface area contributed by atoms with Gasteiger partial charge in [-0.3, -0.25) is 33.6 Å². The first-order valence-electron chi connectivity index (χ1n) is 44.0. The lowest BCUT2D eigenvalue weighted by Crippen LogP contribution is -2.55. The van der Waals surface area contributed by atoms with Crippen molar-refractivity contribution in [2.24, 2.45) is 5.92 Å². The van der Waals surface area contributed by atoms with Crippen LogP contribution < -0.4 is 16.2 Å². The molecule has 0 unspecified atom stereocenters. The van der Waals surface area contributed by atoms with Crippen LogP contribution in [0.15, 0.2) is 107 Å². The van der Waals surface area contributed by atoms with Crippen molar-refractivity contribution in [1.82, 2.24) is 23.7 Å². The first kappa shape index (κ1) is 78.4. The van der Waals surface area contributed by atoms with Crippen LogP contribution in [0.2, 0.25) is 0 Å². The van der Waals surface area contributed by atoms with Crippen LogP contribution in [0.3, 0.4) is 0 Å². The summed E-state index contributed by atoms with van der Waals surface area (Å²) < 4.78 is 3.29. The molecule has 10 aromatic carbocycles. The fourth-order valence-corrected chi connectivity index (χ4v) is 18.9. The third kappa shape index (κ3) is 16.9. The van der Waals surface area contributed by atoms with Gasteiger partial charge < -0.3 is 10.4 Å². The van der Waals surface area contributed by atoms with Crippen molar-refractivity contribution in [3.8, 4) is 23.8 Å². The van der Waals surface area contributed by atoms with Gasteiger partial charge in [0, 0.05) is 69.5 Å². The van der Waals surface area contributed by atoms with Crippen LogP contribution in [0.25, 0.3) is 136 Å². The van der Waals surface area contributed by atoms with Gasteiger partial charge in [0.15, 0.2) is 0 Å². The Hall–Kier alpha value is -9.26. The molecule has 0 bridgehead atoms. The highest BCUT2D eigenvalue weighted by atomic mass is 16.6. The van der Waals surface area contributed by atoms with Crippen molar-refractivity contribution in [3.63, 3.8) is 0 Å². The minimum absolute atomic E-state index is 0.133. The summed E-state index contributed by atoms with van der Waals surface area (Å²) in [5, 5.41) is 32.8. The fraction of sp³-hybridized carbons (Fsp3) is 0.495. The summed E-state index contributed by atoms with van der Waals surface area (Å²) in [5.41, 5.74) is 14.8. The van der Waals surface area contributed by atoms with Gasteiger partial charge in [-0.2, -0.15) is 0 Å². The predicted octanol–water partition coefficient (Wildman–Crippen LogP) is 26.8. The molecule has 0 spiro atoms. The Morgan fingerprint density at radius 3 is 1.03 bits per heavy atom. The van der Waals surface area contributed by atoms with Crippen molar-refractivity contribution in [1.29, 1.82) is 0 Å². The molecular formula is C99H118N8O4. The van der Waals surface area contributed by atoms with Gasteiger partial charge >= 0.3 is 0 Å². The van der Waals surface area contributed by atoms with Gasteiger partial charge in [0.2, 0.25) is 5.69 Å². The van der Waals surface area contributed by atoms with E-state index in [2.05, 4.69) is 122 Å². The van der Waals surface area contributed by atoms with E-state index in [0.29, 0.717) is 60.9 Å². The van der Waals surface area contributed by atoms with E-state index in [4.69, 9.17) is 9.97 Å². The number of fused-ring (bicyclic) bond motifs is 12. The summed E-state index contributed by atoms with van der Waals surface area (Å²) in [6.45, 7) is 10.7. The third-order valence-electron chi connectivity index (χ3n) is 25.0. The minimum atomic E-state index is -0.369. The summed E-state index contributed by atoms with van der Waals surface area (Å²) in [6, 6.07) is 36.1. The van der Waals surface area contributed by atoms with Crippen LogP contribution >= 0.6 is 0 Å². The topological polar surface area (TPSA) is 151 Å². The first-order chi connectivity index (χ1) is 54.7. The van der Waals surface area contributed by atoms with E-state index in [-0.39, 0.29) is 27.6 Å². The number of nitrogens with one attached hydrogen (secondary N) is 1. The molecule has 0 aliphatic carbocycles. The number of nitro benzene ring substituents is 1. The summed E-state index contributed by atoms with van der Waals surface area (Å²) in [4.78, 5) is 55.9. The van der Waals surface area contributed by atoms with Crippen LogP contribution in [0.5, 0.6) is 0 Å². The molecule has 14 rings (SSSR count). The molecule has 0 aliphatic heterocycles. The smallest absolute Gasteiger partial charge is 0.287 e. The predicted molar refractivity (Wildman–Crippen MR) is 470 cm³/mol. The lowest BCUT2D eigenvalue weighted by molar-refractivity contribution is -0.385. The number of rotatable bonds is 46. The molecule has 0 fully saturated rings. The second-order valence-electron chi connectivity index (χ2n) is 33.0. The van der Waals surface area contributed by atoms with Crippen LogP contribution in [-0.2, 0) is 0 Å². The molecule has 0 atom stereocenters. The van der Waals surface area contributed by atoms with E-state index in [9.17, 15) is 15.6 Å². The van der Waals surface area contributed by atoms with Gasteiger partial charge in [-0.05, 0) is 133 Å². The lowest BCUT2D eigenvalue weighted by atomic mass is 9.82. The van der Waals surface area contributed by atoms with E-state index in [1.165, 1.54) is 237 Å². The Labute approximate surface area is 656 Å². The molecule has 0 saturated carbocycles. The molecule has 0 amide bonds. The Balaban J connectivity index is 0.767. The Morgan fingerprint density at radius 1 is 0.387 bits per heavy atom. The third-order valence-corrected chi connectivity index (χ3v) is 25.0. The minimum Gasteiger partial charge on any atom is -0.502 e. The number of hydrogen-bond donors (Lipinski definition) is 1. The van der Waals surface area contributed by atoms with Crippen molar-refractivity contribution >= 4 is 142 Å².